The first-order chi connectivity index (χ1) is 11.0. The lowest BCUT2D eigenvalue weighted by atomic mass is 10.2. The lowest BCUT2D eigenvalue weighted by Crippen LogP contribution is -2.48. The second-order valence-corrected chi connectivity index (χ2v) is 6.97. The van der Waals surface area contributed by atoms with Crippen LogP contribution in [0.15, 0.2) is 28.7 Å². The van der Waals surface area contributed by atoms with Gasteiger partial charge >= 0.3 is 5.88 Å². The fraction of sp³-hybridized carbons (Fsp3) is 0.357. The first kappa shape index (κ1) is 16.0. The maximum atomic E-state index is 12.3. The van der Waals surface area contributed by atoms with Gasteiger partial charge in [-0.15, -0.1) is 11.3 Å². The number of carbonyl (C=O) groups is 1. The van der Waals surface area contributed by atoms with Crippen molar-refractivity contribution in [2.24, 2.45) is 0 Å². The summed E-state index contributed by atoms with van der Waals surface area (Å²) < 4.78 is 5.74. The van der Waals surface area contributed by atoms with E-state index in [1.165, 1.54) is 17.0 Å². The SMILES string of the molecule is O=C(c1ccc([N+](=O)[O-])o1)N1CCN(Cc2ccc(Cl)s2)CC1. The van der Waals surface area contributed by atoms with Gasteiger partial charge in [0.05, 0.1) is 10.4 Å². The lowest BCUT2D eigenvalue weighted by molar-refractivity contribution is -0.402. The molecule has 0 aromatic carbocycles. The molecule has 23 heavy (non-hydrogen) atoms. The van der Waals surface area contributed by atoms with Crippen LogP contribution >= 0.6 is 22.9 Å². The number of hydrogen-bond donors (Lipinski definition) is 0. The molecule has 7 nitrogen and oxygen atoms in total. The van der Waals surface area contributed by atoms with Crippen molar-refractivity contribution in [3.05, 3.63) is 49.4 Å². The number of nitrogens with zero attached hydrogens (tertiary/aromatic N) is 3. The van der Waals surface area contributed by atoms with E-state index in [2.05, 4.69) is 4.90 Å². The molecule has 1 aliphatic heterocycles. The van der Waals surface area contributed by atoms with Gasteiger partial charge in [0.2, 0.25) is 0 Å². The Morgan fingerprint density at radius 2 is 2.00 bits per heavy atom. The quantitative estimate of drug-likeness (QED) is 0.622. The first-order valence-electron chi connectivity index (χ1n) is 7.03. The highest BCUT2D eigenvalue weighted by molar-refractivity contribution is 7.16. The molecule has 9 heteroatoms. The molecule has 0 N–H and O–H groups in total. The van der Waals surface area contributed by atoms with Crippen LogP contribution in [0.25, 0.3) is 0 Å². The van der Waals surface area contributed by atoms with E-state index in [9.17, 15) is 14.9 Å². The van der Waals surface area contributed by atoms with Crippen molar-refractivity contribution in [2.45, 2.75) is 6.54 Å². The van der Waals surface area contributed by atoms with Crippen molar-refractivity contribution in [2.75, 3.05) is 26.2 Å². The normalized spacial score (nSPS) is 15.8. The minimum Gasteiger partial charge on any atom is -0.395 e. The zero-order valence-corrected chi connectivity index (χ0v) is 13.7. The van der Waals surface area contributed by atoms with Gasteiger partial charge in [-0.05, 0) is 18.2 Å². The van der Waals surface area contributed by atoms with Crippen LogP contribution in [-0.2, 0) is 6.54 Å². The average Bonchev–Trinajstić information content (AvgIpc) is 3.17. The Hall–Kier alpha value is -1.90. The van der Waals surface area contributed by atoms with Crippen LogP contribution in [0.1, 0.15) is 15.4 Å². The van der Waals surface area contributed by atoms with Crippen molar-refractivity contribution >= 4 is 34.7 Å². The van der Waals surface area contributed by atoms with Crippen LogP contribution in [0.5, 0.6) is 0 Å². The Morgan fingerprint density at radius 1 is 1.26 bits per heavy atom. The van der Waals surface area contributed by atoms with Crippen LogP contribution < -0.4 is 0 Å². The number of hydrogen-bond acceptors (Lipinski definition) is 6. The highest BCUT2D eigenvalue weighted by Crippen LogP contribution is 2.23. The molecule has 1 aliphatic rings. The van der Waals surface area contributed by atoms with Crippen molar-refractivity contribution in [3.8, 4) is 0 Å². The third-order valence-electron chi connectivity index (χ3n) is 3.65. The van der Waals surface area contributed by atoms with Gasteiger partial charge < -0.3 is 9.32 Å². The van der Waals surface area contributed by atoms with Gasteiger partial charge in [-0.2, -0.15) is 0 Å². The van der Waals surface area contributed by atoms with Gasteiger partial charge in [0, 0.05) is 37.6 Å². The summed E-state index contributed by atoms with van der Waals surface area (Å²) in [5.74, 6) is -0.714. The Bertz CT molecular complexity index is 721. The van der Waals surface area contributed by atoms with E-state index in [0.29, 0.717) is 13.1 Å². The van der Waals surface area contributed by atoms with E-state index in [1.54, 1.807) is 16.2 Å². The smallest absolute Gasteiger partial charge is 0.395 e. The summed E-state index contributed by atoms with van der Waals surface area (Å²) in [6, 6.07) is 6.43. The number of thiophene rings is 1. The maximum absolute atomic E-state index is 12.3. The number of nitro groups is 1. The molecule has 0 unspecified atom stereocenters. The summed E-state index contributed by atoms with van der Waals surface area (Å²) in [5.41, 5.74) is 0. The monoisotopic (exact) mass is 355 g/mol. The molecule has 122 valence electrons. The maximum Gasteiger partial charge on any atom is 0.433 e. The molecule has 0 radical (unpaired) electrons. The van der Waals surface area contributed by atoms with Crippen molar-refractivity contribution in [1.82, 2.24) is 9.80 Å². The predicted octanol–water partition coefficient (Wildman–Crippen LogP) is 2.86. The average molecular weight is 356 g/mol. The topological polar surface area (TPSA) is 79.8 Å². The zero-order chi connectivity index (χ0) is 16.4. The number of halogens is 1. The van der Waals surface area contributed by atoms with E-state index < -0.39 is 10.8 Å². The third kappa shape index (κ3) is 3.72. The van der Waals surface area contributed by atoms with E-state index in [1.807, 2.05) is 12.1 Å². The molecule has 0 aliphatic carbocycles. The van der Waals surface area contributed by atoms with E-state index in [-0.39, 0.29) is 11.7 Å². The highest BCUT2D eigenvalue weighted by Gasteiger charge is 2.26. The molecule has 3 heterocycles. The lowest BCUT2D eigenvalue weighted by Gasteiger charge is -2.33. The Morgan fingerprint density at radius 3 is 2.57 bits per heavy atom. The van der Waals surface area contributed by atoms with Gasteiger partial charge in [-0.1, -0.05) is 11.6 Å². The second kappa shape index (κ2) is 6.69. The molecule has 0 atom stereocenters. The summed E-state index contributed by atoms with van der Waals surface area (Å²) in [7, 11) is 0. The van der Waals surface area contributed by atoms with E-state index >= 15 is 0 Å². The summed E-state index contributed by atoms with van der Waals surface area (Å²) in [6.07, 6.45) is 0. The van der Waals surface area contributed by atoms with Gasteiger partial charge in [0.1, 0.15) is 4.92 Å². The standard InChI is InChI=1S/C14H14ClN3O4S/c15-12-3-1-10(23-12)9-16-5-7-17(8-6-16)14(19)11-2-4-13(22-11)18(20)21/h1-4H,5-9H2. The first-order valence-corrected chi connectivity index (χ1v) is 8.22. The summed E-state index contributed by atoms with van der Waals surface area (Å²) in [5, 5.41) is 10.6. The fourth-order valence-electron chi connectivity index (χ4n) is 2.46. The van der Waals surface area contributed by atoms with E-state index in [4.69, 9.17) is 16.0 Å². The van der Waals surface area contributed by atoms with Crippen LogP contribution in [0.4, 0.5) is 5.88 Å². The number of rotatable bonds is 4. The van der Waals surface area contributed by atoms with Crippen molar-refractivity contribution in [1.29, 1.82) is 0 Å². The third-order valence-corrected chi connectivity index (χ3v) is 4.87. The zero-order valence-electron chi connectivity index (χ0n) is 12.1. The fourth-order valence-corrected chi connectivity index (χ4v) is 3.59. The Kier molecular flexibility index (Phi) is 4.65. The molecule has 1 saturated heterocycles. The predicted molar refractivity (Wildman–Crippen MR) is 85.9 cm³/mol. The molecular weight excluding hydrogens is 342 g/mol. The molecule has 1 fully saturated rings. The van der Waals surface area contributed by atoms with Crippen molar-refractivity contribution in [3.63, 3.8) is 0 Å². The van der Waals surface area contributed by atoms with Crippen LogP contribution in [0.2, 0.25) is 4.34 Å². The largest absolute Gasteiger partial charge is 0.433 e. The summed E-state index contributed by atoms with van der Waals surface area (Å²) >= 11 is 7.48. The molecule has 1 amide bonds. The Balaban J connectivity index is 1.55. The molecular formula is C14H14ClN3O4S. The summed E-state index contributed by atoms with van der Waals surface area (Å²) in [4.78, 5) is 27.3. The molecule has 0 bridgehead atoms. The van der Waals surface area contributed by atoms with Gasteiger partial charge in [-0.25, -0.2) is 0 Å². The molecule has 2 aromatic rings. The number of carbonyl (C=O) groups excluding carboxylic acids is 1. The minimum absolute atomic E-state index is 0.00943. The minimum atomic E-state index is -0.652. The molecule has 0 spiro atoms. The van der Waals surface area contributed by atoms with Crippen molar-refractivity contribution < 1.29 is 14.1 Å². The van der Waals surface area contributed by atoms with Crippen LogP contribution in [0, 0.1) is 10.1 Å². The number of piperazine rings is 1. The van der Waals surface area contributed by atoms with Gasteiger partial charge in [-0.3, -0.25) is 19.8 Å². The van der Waals surface area contributed by atoms with Gasteiger partial charge in [0.25, 0.3) is 5.91 Å². The Labute approximate surface area is 141 Å². The molecule has 2 aromatic heterocycles. The highest BCUT2D eigenvalue weighted by atomic mass is 35.5. The van der Waals surface area contributed by atoms with E-state index in [0.717, 1.165) is 24.0 Å². The summed E-state index contributed by atoms with van der Waals surface area (Å²) in [6.45, 7) is 3.42. The second-order valence-electron chi connectivity index (χ2n) is 5.17. The molecule has 3 rings (SSSR count). The van der Waals surface area contributed by atoms with Gasteiger partial charge in [0.15, 0.2) is 5.76 Å². The number of furan rings is 1. The van der Waals surface area contributed by atoms with Crippen LogP contribution in [-0.4, -0.2) is 46.8 Å². The van der Waals surface area contributed by atoms with Crippen LogP contribution in [0.3, 0.4) is 0 Å². The molecule has 0 saturated carbocycles. The number of amides is 1.